The van der Waals surface area contributed by atoms with Crippen LogP contribution in [0.5, 0.6) is 0 Å². The van der Waals surface area contributed by atoms with Crippen molar-refractivity contribution in [3.8, 4) is 0 Å². The first-order valence-corrected chi connectivity index (χ1v) is 7.42. The van der Waals surface area contributed by atoms with E-state index in [1.807, 2.05) is 31.2 Å². The molecule has 0 saturated heterocycles. The molecule has 2 aromatic rings. The van der Waals surface area contributed by atoms with Crippen molar-refractivity contribution in [3.63, 3.8) is 0 Å². The fourth-order valence-electron chi connectivity index (χ4n) is 2.08. The van der Waals surface area contributed by atoms with Gasteiger partial charge in [0.05, 0.1) is 10.0 Å². The first kappa shape index (κ1) is 14.8. The number of amides is 1. The number of carbonyl (C=O) groups is 1. The van der Waals surface area contributed by atoms with E-state index >= 15 is 0 Å². The van der Waals surface area contributed by atoms with Crippen molar-refractivity contribution >= 4 is 41.0 Å². The maximum absolute atomic E-state index is 12.0. The molecule has 1 N–H and O–H groups in total. The topological polar surface area (TPSA) is 41.5 Å². The first-order valence-electron chi connectivity index (χ1n) is 6.67. The average molecular weight is 331 g/mol. The summed E-state index contributed by atoms with van der Waals surface area (Å²) in [5, 5.41) is 3.69. The number of halogens is 2. The molecule has 0 radical (unpaired) electrons. The van der Waals surface area contributed by atoms with Gasteiger partial charge in [-0.25, -0.2) is 4.99 Å². The van der Waals surface area contributed by atoms with Gasteiger partial charge >= 0.3 is 0 Å². The highest BCUT2D eigenvalue weighted by molar-refractivity contribution is 6.42. The van der Waals surface area contributed by atoms with E-state index in [9.17, 15) is 4.79 Å². The molecule has 22 heavy (non-hydrogen) atoms. The van der Waals surface area contributed by atoms with Gasteiger partial charge in [0.2, 0.25) is 0 Å². The number of carbonyl (C=O) groups excluding carboxylic acids is 1. The molecule has 1 heterocycles. The molecule has 3 rings (SSSR count). The predicted molar refractivity (Wildman–Crippen MR) is 90.3 cm³/mol. The number of benzene rings is 2. The highest BCUT2D eigenvalue weighted by atomic mass is 35.5. The van der Waals surface area contributed by atoms with Crippen LogP contribution in [0.2, 0.25) is 10.0 Å². The predicted octanol–water partition coefficient (Wildman–Crippen LogP) is 4.22. The van der Waals surface area contributed by atoms with Crippen molar-refractivity contribution in [2.24, 2.45) is 4.99 Å². The third-order valence-electron chi connectivity index (χ3n) is 3.27. The molecule has 0 unspecified atom stereocenters. The maximum Gasteiger partial charge on any atom is 0.275 e. The van der Waals surface area contributed by atoms with Crippen molar-refractivity contribution in [2.75, 3.05) is 0 Å². The molecule has 0 bridgehead atoms. The Morgan fingerprint density at radius 3 is 2.45 bits per heavy atom. The summed E-state index contributed by atoms with van der Waals surface area (Å²) in [5.41, 5.74) is 3.14. The highest BCUT2D eigenvalue weighted by Gasteiger charge is 2.20. The van der Waals surface area contributed by atoms with E-state index in [0.29, 0.717) is 21.6 Å². The second kappa shape index (κ2) is 5.95. The molecule has 1 aliphatic rings. The summed E-state index contributed by atoms with van der Waals surface area (Å²) in [6.07, 6.45) is 1.68. The third-order valence-corrected chi connectivity index (χ3v) is 4.01. The number of hydrogen-bond acceptors (Lipinski definition) is 2. The number of aliphatic imine (C=N–C) groups is 1. The van der Waals surface area contributed by atoms with Crippen LogP contribution in [0, 0.1) is 6.92 Å². The van der Waals surface area contributed by atoms with Crippen molar-refractivity contribution in [1.82, 2.24) is 5.32 Å². The number of nitrogens with zero attached hydrogens (tertiary/aromatic N) is 1. The zero-order chi connectivity index (χ0) is 15.7. The van der Waals surface area contributed by atoms with Crippen LogP contribution in [0.25, 0.3) is 6.08 Å². The largest absolute Gasteiger partial charge is 0.305 e. The maximum atomic E-state index is 12.0. The summed E-state index contributed by atoms with van der Waals surface area (Å²) >= 11 is 11.9. The fraction of sp³-hybridized carbons (Fsp3) is 0.0588. The molecular weight excluding hydrogens is 319 g/mol. The normalized spacial score (nSPS) is 15.9. The molecule has 5 heteroatoms. The lowest BCUT2D eigenvalue weighted by Gasteiger charge is -2.00. The average Bonchev–Trinajstić information content (AvgIpc) is 2.85. The Bertz CT molecular complexity index is 808. The second-order valence-corrected chi connectivity index (χ2v) is 5.80. The van der Waals surface area contributed by atoms with Crippen molar-refractivity contribution in [3.05, 3.63) is 74.9 Å². The summed E-state index contributed by atoms with van der Waals surface area (Å²) in [6.45, 7) is 2.01. The van der Waals surface area contributed by atoms with Crippen LogP contribution in [0.3, 0.4) is 0 Å². The van der Waals surface area contributed by atoms with Gasteiger partial charge in [0.15, 0.2) is 0 Å². The first-order chi connectivity index (χ1) is 10.5. The molecule has 3 nitrogen and oxygen atoms in total. The lowest BCUT2D eigenvalue weighted by Crippen LogP contribution is -2.24. The number of aryl methyl sites for hydroxylation is 1. The number of nitrogens with one attached hydrogen (secondary N) is 1. The molecule has 0 fully saturated rings. The smallest absolute Gasteiger partial charge is 0.275 e. The quantitative estimate of drug-likeness (QED) is 0.823. The van der Waals surface area contributed by atoms with E-state index in [-0.39, 0.29) is 5.91 Å². The SMILES string of the molecule is Cc1ccc(C2=N/C(=C/c3ccc(Cl)c(Cl)c3)C(=O)N2)cc1. The monoisotopic (exact) mass is 330 g/mol. The molecule has 0 spiro atoms. The molecule has 0 aliphatic carbocycles. The molecule has 0 saturated carbocycles. The zero-order valence-electron chi connectivity index (χ0n) is 11.7. The van der Waals surface area contributed by atoms with Crippen LogP contribution in [0.1, 0.15) is 16.7 Å². The van der Waals surface area contributed by atoms with Gasteiger partial charge < -0.3 is 5.32 Å². The van der Waals surface area contributed by atoms with E-state index in [0.717, 1.165) is 16.7 Å². The minimum Gasteiger partial charge on any atom is -0.305 e. The van der Waals surface area contributed by atoms with Gasteiger partial charge in [-0.1, -0.05) is 59.1 Å². The zero-order valence-corrected chi connectivity index (χ0v) is 13.2. The Morgan fingerprint density at radius 1 is 1.05 bits per heavy atom. The summed E-state index contributed by atoms with van der Waals surface area (Å²) < 4.78 is 0. The Kier molecular flexibility index (Phi) is 4.01. The lowest BCUT2D eigenvalue weighted by molar-refractivity contribution is -0.115. The number of hydrogen-bond donors (Lipinski definition) is 1. The molecule has 110 valence electrons. The molecule has 0 aromatic heterocycles. The lowest BCUT2D eigenvalue weighted by atomic mass is 10.1. The second-order valence-electron chi connectivity index (χ2n) is 4.98. The van der Waals surface area contributed by atoms with E-state index in [1.165, 1.54) is 0 Å². The van der Waals surface area contributed by atoms with Crippen LogP contribution in [-0.4, -0.2) is 11.7 Å². The number of amidine groups is 1. The summed E-state index contributed by atoms with van der Waals surface area (Å²) in [7, 11) is 0. The number of rotatable bonds is 2. The standard InChI is InChI=1S/C17H12Cl2N2O/c1-10-2-5-12(6-3-10)16-20-15(17(22)21-16)9-11-4-7-13(18)14(19)8-11/h2-9H,1H3,(H,20,21,22)/b15-9+. The Labute approximate surface area is 138 Å². The van der Waals surface area contributed by atoms with Crippen molar-refractivity contribution in [2.45, 2.75) is 6.92 Å². The van der Waals surface area contributed by atoms with Crippen LogP contribution in [0.4, 0.5) is 0 Å². The third kappa shape index (κ3) is 3.06. The van der Waals surface area contributed by atoms with E-state index < -0.39 is 0 Å². The van der Waals surface area contributed by atoms with Crippen LogP contribution >= 0.6 is 23.2 Å². The van der Waals surface area contributed by atoms with Gasteiger partial charge in [-0.15, -0.1) is 0 Å². The molecule has 2 aromatic carbocycles. The molecule has 1 amide bonds. The fourth-order valence-corrected chi connectivity index (χ4v) is 2.38. The summed E-state index contributed by atoms with van der Waals surface area (Å²) in [6, 6.07) is 13.0. The van der Waals surface area contributed by atoms with Crippen molar-refractivity contribution < 1.29 is 4.79 Å². The summed E-state index contributed by atoms with van der Waals surface area (Å²) in [5.74, 6) is 0.318. The van der Waals surface area contributed by atoms with Gasteiger partial charge in [-0.3, -0.25) is 4.79 Å². The molecule has 1 aliphatic heterocycles. The van der Waals surface area contributed by atoms with E-state index in [2.05, 4.69) is 10.3 Å². The van der Waals surface area contributed by atoms with Gasteiger partial charge in [-0.05, 0) is 30.7 Å². The minimum absolute atomic E-state index is 0.235. The van der Waals surface area contributed by atoms with E-state index in [4.69, 9.17) is 23.2 Å². The van der Waals surface area contributed by atoms with Crippen molar-refractivity contribution in [1.29, 1.82) is 0 Å². The molecule has 0 atom stereocenters. The van der Waals surface area contributed by atoms with Crippen LogP contribution in [-0.2, 0) is 4.79 Å². The Balaban J connectivity index is 1.93. The van der Waals surface area contributed by atoms with Gasteiger partial charge in [0.1, 0.15) is 11.5 Å². The van der Waals surface area contributed by atoms with Gasteiger partial charge in [0.25, 0.3) is 5.91 Å². The summed E-state index contributed by atoms with van der Waals surface area (Å²) in [4.78, 5) is 16.4. The van der Waals surface area contributed by atoms with Gasteiger partial charge in [-0.2, -0.15) is 0 Å². The van der Waals surface area contributed by atoms with Gasteiger partial charge in [0, 0.05) is 5.56 Å². The minimum atomic E-state index is -0.235. The van der Waals surface area contributed by atoms with E-state index in [1.54, 1.807) is 24.3 Å². The van der Waals surface area contributed by atoms with Crippen LogP contribution < -0.4 is 5.32 Å². The Hall–Kier alpha value is -2.10. The highest BCUT2D eigenvalue weighted by Crippen LogP contribution is 2.24. The van der Waals surface area contributed by atoms with Crippen LogP contribution in [0.15, 0.2) is 53.2 Å². The Morgan fingerprint density at radius 2 is 1.77 bits per heavy atom. The molecular formula is C17H12Cl2N2O.